The maximum atomic E-state index is 5.80. The molecule has 0 spiro atoms. The van der Waals surface area contributed by atoms with Gasteiger partial charge in [-0.25, -0.2) is 0 Å². The lowest BCUT2D eigenvalue weighted by Crippen LogP contribution is -1.96. The predicted octanol–water partition coefficient (Wildman–Crippen LogP) is 5.30. The van der Waals surface area contributed by atoms with Gasteiger partial charge in [-0.05, 0) is 42.8 Å². The summed E-state index contributed by atoms with van der Waals surface area (Å²) in [4.78, 5) is 0. The third-order valence-corrected chi connectivity index (χ3v) is 3.17. The first-order valence-corrected chi connectivity index (χ1v) is 7.63. The number of ether oxygens (including phenoxy) is 3. The van der Waals surface area contributed by atoms with Gasteiger partial charge in [0.25, 0.3) is 0 Å². The molecular formula is C21H22O3. The summed E-state index contributed by atoms with van der Waals surface area (Å²) < 4.78 is 16.6. The van der Waals surface area contributed by atoms with E-state index in [1.54, 1.807) is 13.2 Å². The van der Waals surface area contributed by atoms with Crippen LogP contribution in [0.25, 0.3) is 0 Å². The second kappa shape index (κ2) is 8.63. The smallest absolute Gasteiger partial charge is 0.131 e. The molecule has 2 aromatic carbocycles. The van der Waals surface area contributed by atoms with Crippen molar-refractivity contribution in [3.63, 3.8) is 0 Å². The minimum Gasteiger partial charge on any atom is -0.497 e. The lowest BCUT2D eigenvalue weighted by atomic mass is 10.2. The lowest BCUT2D eigenvalue weighted by molar-refractivity contribution is 0.304. The van der Waals surface area contributed by atoms with Crippen LogP contribution < -0.4 is 14.2 Å². The molecule has 0 heterocycles. The van der Waals surface area contributed by atoms with Crippen LogP contribution in [0.15, 0.2) is 85.2 Å². The minimum atomic E-state index is 0.476. The summed E-state index contributed by atoms with van der Waals surface area (Å²) in [6, 6.07) is 15.2. The predicted molar refractivity (Wildman–Crippen MR) is 97.5 cm³/mol. The Morgan fingerprint density at radius 3 is 2.33 bits per heavy atom. The van der Waals surface area contributed by atoms with Crippen LogP contribution in [0.1, 0.15) is 12.5 Å². The molecule has 0 saturated heterocycles. The van der Waals surface area contributed by atoms with E-state index in [0.717, 1.165) is 22.6 Å². The number of hydrogen-bond acceptors (Lipinski definition) is 3. The van der Waals surface area contributed by atoms with Gasteiger partial charge in [0.05, 0.1) is 7.11 Å². The molecule has 0 aliphatic rings. The summed E-state index contributed by atoms with van der Waals surface area (Å²) in [6.45, 7) is 10.0. The van der Waals surface area contributed by atoms with E-state index in [0.29, 0.717) is 18.1 Å². The zero-order chi connectivity index (χ0) is 17.4. The Labute approximate surface area is 143 Å². The van der Waals surface area contributed by atoms with Crippen LogP contribution in [0.5, 0.6) is 17.2 Å². The molecule has 0 aliphatic carbocycles. The minimum absolute atomic E-state index is 0.476. The van der Waals surface area contributed by atoms with E-state index in [2.05, 4.69) is 13.2 Å². The highest BCUT2D eigenvalue weighted by Gasteiger charge is 2.01. The molecule has 0 bridgehead atoms. The zero-order valence-corrected chi connectivity index (χ0v) is 14.1. The molecule has 124 valence electrons. The largest absolute Gasteiger partial charge is 0.497 e. The molecular weight excluding hydrogens is 300 g/mol. The molecule has 0 unspecified atom stereocenters. The van der Waals surface area contributed by atoms with Crippen LogP contribution in [0.2, 0.25) is 0 Å². The van der Waals surface area contributed by atoms with Crippen molar-refractivity contribution in [2.75, 3.05) is 7.11 Å². The van der Waals surface area contributed by atoms with Gasteiger partial charge < -0.3 is 14.2 Å². The lowest BCUT2D eigenvalue weighted by Gasteiger charge is -2.10. The standard InChI is InChI=1S/C21H22O3/c1-16(2)8-9-17(3)24-21-7-5-6-20(14-21)23-15-18-10-12-19(22-4)13-11-18/h5-14H,1,3,15H2,2,4H3/b9-8-. The average molecular weight is 322 g/mol. The summed E-state index contributed by atoms with van der Waals surface area (Å²) in [6.07, 6.45) is 3.64. The van der Waals surface area contributed by atoms with Gasteiger partial charge in [0.1, 0.15) is 29.6 Å². The topological polar surface area (TPSA) is 27.7 Å². The maximum absolute atomic E-state index is 5.80. The Balaban J connectivity index is 1.94. The Hall–Kier alpha value is -2.94. The quantitative estimate of drug-likeness (QED) is 0.487. The van der Waals surface area contributed by atoms with E-state index in [1.165, 1.54) is 0 Å². The highest BCUT2D eigenvalue weighted by Crippen LogP contribution is 2.22. The average Bonchev–Trinajstić information content (AvgIpc) is 2.59. The van der Waals surface area contributed by atoms with Crippen LogP contribution >= 0.6 is 0 Å². The number of benzene rings is 2. The van der Waals surface area contributed by atoms with E-state index in [1.807, 2.05) is 61.5 Å². The highest BCUT2D eigenvalue weighted by molar-refractivity contribution is 5.35. The first kappa shape index (κ1) is 17.4. The van der Waals surface area contributed by atoms with E-state index in [4.69, 9.17) is 14.2 Å². The molecule has 0 aliphatic heterocycles. The van der Waals surface area contributed by atoms with Crippen LogP contribution in [-0.2, 0) is 6.61 Å². The summed E-state index contributed by atoms with van der Waals surface area (Å²) in [5.41, 5.74) is 2.01. The maximum Gasteiger partial charge on any atom is 0.131 e. The molecule has 0 aromatic heterocycles. The van der Waals surface area contributed by atoms with Crippen LogP contribution in [-0.4, -0.2) is 7.11 Å². The van der Waals surface area contributed by atoms with Crippen molar-refractivity contribution in [3.8, 4) is 17.2 Å². The normalized spacial score (nSPS) is 10.4. The van der Waals surface area contributed by atoms with Gasteiger partial charge in [0.2, 0.25) is 0 Å². The SMILES string of the molecule is C=C(C)/C=C\C(=C)Oc1cccc(OCc2ccc(OC)cc2)c1. The van der Waals surface area contributed by atoms with Crippen LogP contribution in [0, 0.1) is 0 Å². The Bertz CT molecular complexity index is 727. The second-order valence-electron chi connectivity index (χ2n) is 5.36. The molecule has 0 radical (unpaired) electrons. The molecule has 0 fully saturated rings. The zero-order valence-electron chi connectivity index (χ0n) is 14.1. The Morgan fingerprint density at radius 1 is 0.958 bits per heavy atom. The van der Waals surface area contributed by atoms with Gasteiger partial charge in [0.15, 0.2) is 0 Å². The van der Waals surface area contributed by atoms with E-state index < -0.39 is 0 Å². The molecule has 3 heteroatoms. The third-order valence-electron chi connectivity index (χ3n) is 3.17. The van der Waals surface area contributed by atoms with Gasteiger partial charge in [-0.15, -0.1) is 0 Å². The molecule has 0 amide bonds. The van der Waals surface area contributed by atoms with E-state index in [-0.39, 0.29) is 0 Å². The monoisotopic (exact) mass is 322 g/mol. The summed E-state index contributed by atoms with van der Waals surface area (Å²) in [5.74, 6) is 2.79. The Kier molecular flexibility index (Phi) is 6.26. The van der Waals surface area contributed by atoms with E-state index >= 15 is 0 Å². The van der Waals surface area contributed by atoms with Gasteiger partial charge in [-0.2, -0.15) is 0 Å². The molecule has 24 heavy (non-hydrogen) atoms. The van der Waals surface area contributed by atoms with Crippen molar-refractivity contribution in [2.24, 2.45) is 0 Å². The van der Waals surface area contributed by atoms with Gasteiger partial charge >= 0.3 is 0 Å². The molecule has 2 rings (SSSR count). The number of methoxy groups -OCH3 is 1. The Morgan fingerprint density at radius 2 is 1.67 bits per heavy atom. The number of hydrogen-bond donors (Lipinski definition) is 0. The van der Waals surface area contributed by atoms with Crippen molar-refractivity contribution >= 4 is 0 Å². The fourth-order valence-electron chi connectivity index (χ4n) is 1.94. The van der Waals surface area contributed by atoms with Crippen LogP contribution in [0.4, 0.5) is 0 Å². The molecule has 0 atom stereocenters. The van der Waals surface area contributed by atoms with Crippen molar-refractivity contribution < 1.29 is 14.2 Å². The first-order valence-electron chi connectivity index (χ1n) is 7.63. The van der Waals surface area contributed by atoms with Crippen LogP contribution in [0.3, 0.4) is 0 Å². The third kappa shape index (κ3) is 5.69. The van der Waals surface area contributed by atoms with Crippen molar-refractivity contribution in [1.29, 1.82) is 0 Å². The summed E-state index contributed by atoms with van der Waals surface area (Å²) in [7, 11) is 1.65. The number of allylic oxidation sites excluding steroid dienone is 3. The fourth-order valence-corrected chi connectivity index (χ4v) is 1.94. The molecule has 2 aromatic rings. The molecule has 0 N–H and O–H groups in total. The van der Waals surface area contributed by atoms with Crippen molar-refractivity contribution in [2.45, 2.75) is 13.5 Å². The first-order chi connectivity index (χ1) is 11.6. The summed E-state index contributed by atoms with van der Waals surface area (Å²) >= 11 is 0. The highest BCUT2D eigenvalue weighted by atomic mass is 16.5. The van der Waals surface area contributed by atoms with Gasteiger partial charge in [-0.3, -0.25) is 0 Å². The van der Waals surface area contributed by atoms with Gasteiger partial charge in [-0.1, -0.05) is 43.0 Å². The van der Waals surface area contributed by atoms with E-state index in [9.17, 15) is 0 Å². The van der Waals surface area contributed by atoms with Crippen molar-refractivity contribution in [3.05, 3.63) is 90.7 Å². The van der Waals surface area contributed by atoms with Crippen molar-refractivity contribution in [1.82, 2.24) is 0 Å². The van der Waals surface area contributed by atoms with Gasteiger partial charge in [0, 0.05) is 6.07 Å². The molecule has 3 nitrogen and oxygen atoms in total. The summed E-state index contributed by atoms with van der Waals surface area (Å²) in [5, 5.41) is 0. The fraction of sp³-hybridized carbons (Fsp3) is 0.143. The second-order valence-corrected chi connectivity index (χ2v) is 5.36. The molecule has 0 saturated carbocycles. The number of rotatable bonds is 8.